The lowest BCUT2D eigenvalue weighted by molar-refractivity contribution is -0.113. The highest BCUT2D eigenvalue weighted by Gasteiger charge is 2.16. The number of methoxy groups -OCH3 is 1. The third kappa shape index (κ3) is 4.25. The second-order valence-corrected chi connectivity index (χ2v) is 8.49. The summed E-state index contributed by atoms with van der Waals surface area (Å²) in [6.45, 7) is 2.01. The van der Waals surface area contributed by atoms with E-state index in [-0.39, 0.29) is 11.7 Å². The van der Waals surface area contributed by atoms with E-state index in [1.165, 1.54) is 11.8 Å². The Kier molecular flexibility index (Phi) is 5.66. The van der Waals surface area contributed by atoms with Crippen molar-refractivity contribution in [2.45, 2.75) is 12.1 Å². The number of anilines is 1. The molecule has 0 spiro atoms. The SMILES string of the molecule is COc1ccc(-c2nn3c(SCC(=O)Nc4ccc(C)cc4)nnc3c3ccccc23)cc1. The van der Waals surface area contributed by atoms with Gasteiger partial charge in [0, 0.05) is 22.0 Å². The van der Waals surface area contributed by atoms with Gasteiger partial charge in [0.1, 0.15) is 5.75 Å². The van der Waals surface area contributed by atoms with Crippen LogP contribution in [-0.2, 0) is 4.79 Å². The zero-order chi connectivity index (χ0) is 22.8. The quantitative estimate of drug-likeness (QED) is 0.363. The number of rotatable bonds is 6. The van der Waals surface area contributed by atoms with Crippen LogP contribution in [0.4, 0.5) is 5.69 Å². The highest BCUT2D eigenvalue weighted by molar-refractivity contribution is 7.99. The van der Waals surface area contributed by atoms with Crippen LogP contribution < -0.4 is 10.1 Å². The maximum absolute atomic E-state index is 12.5. The third-order valence-electron chi connectivity index (χ3n) is 5.27. The number of aromatic nitrogens is 4. The minimum absolute atomic E-state index is 0.114. The summed E-state index contributed by atoms with van der Waals surface area (Å²) in [5.74, 6) is 0.863. The summed E-state index contributed by atoms with van der Waals surface area (Å²) in [6.07, 6.45) is 0. The van der Waals surface area contributed by atoms with Gasteiger partial charge in [-0.1, -0.05) is 53.7 Å². The first-order valence-electron chi connectivity index (χ1n) is 10.4. The number of aryl methyl sites for hydroxylation is 1. The lowest BCUT2D eigenvalue weighted by atomic mass is 10.0. The number of carbonyl (C=O) groups excluding carboxylic acids is 1. The van der Waals surface area contributed by atoms with Gasteiger partial charge in [-0.05, 0) is 43.3 Å². The van der Waals surface area contributed by atoms with E-state index in [4.69, 9.17) is 9.84 Å². The van der Waals surface area contributed by atoms with E-state index in [2.05, 4.69) is 15.5 Å². The van der Waals surface area contributed by atoms with Crippen LogP contribution >= 0.6 is 11.8 Å². The first-order chi connectivity index (χ1) is 16.1. The Morgan fingerprint density at radius 3 is 2.42 bits per heavy atom. The van der Waals surface area contributed by atoms with Crippen LogP contribution in [0.3, 0.4) is 0 Å². The molecule has 0 bridgehead atoms. The summed E-state index contributed by atoms with van der Waals surface area (Å²) in [5, 5.41) is 18.9. The first-order valence-corrected chi connectivity index (χ1v) is 11.4. The fraction of sp³-hybridized carbons (Fsp3) is 0.120. The van der Waals surface area contributed by atoms with Crippen LogP contribution in [0.25, 0.3) is 27.7 Å². The molecule has 0 aliphatic rings. The second-order valence-electron chi connectivity index (χ2n) is 7.54. The number of hydrogen-bond donors (Lipinski definition) is 1. The van der Waals surface area contributed by atoms with Gasteiger partial charge in [-0.15, -0.1) is 10.2 Å². The van der Waals surface area contributed by atoms with Crippen molar-refractivity contribution >= 4 is 39.8 Å². The van der Waals surface area contributed by atoms with Gasteiger partial charge in [0.15, 0.2) is 5.65 Å². The first kappa shape index (κ1) is 21.0. The standard InChI is InChI=1S/C25H21N5O2S/c1-16-7-11-18(12-8-16)26-22(31)15-33-25-28-27-24-21-6-4-3-5-20(21)23(29-30(24)25)17-9-13-19(32-2)14-10-17/h3-14H,15H2,1-2H3,(H,26,31). The van der Waals surface area contributed by atoms with E-state index in [9.17, 15) is 4.79 Å². The Morgan fingerprint density at radius 1 is 0.970 bits per heavy atom. The van der Waals surface area contributed by atoms with Crippen LogP contribution in [0.1, 0.15) is 5.56 Å². The van der Waals surface area contributed by atoms with Crippen LogP contribution in [0.5, 0.6) is 5.75 Å². The van der Waals surface area contributed by atoms with Crippen molar-refractivity contribution in [1.29, 1.82) is 0 Å². The fourth-order valence-electron chi connectivity index (χ4n) is 3.58. The largest absolute Gasteiger partial charge is 0.497 e. The van der Waals surface area contributed by atoms with Gasteiger partial charge >= 0.3 is 0 Å². The van der Waals surface area contributed by atoms with E-state index in [1.807, 2.05) is 79.7 Å². The molecule has 0 aliphatic heterocycles. The molecule has 7 nitrogen and oxygen atoms in total. The molecule has 0 unspecified atom stereocenters. The Bertz CT molecular complexity index is 1450. The van der Waals surface area contributed by atoms with Crippen molar-refractivity contribution in [2.24, 2.45) is 0 Å². The maximum atomic E-state index is 12.5. The number of fused-ring (bicyclic) bond motifs is 3. The molecule has 0 aliphatic carbocycles. The fourth-order valence-corrected chi connectivity index (χ4v) is 4.26. The number of hydrogen-bond acceptors (Lipinski definition) is 6. The van der Waals surface area contributed by atoms with Crippen LogP contribution in [0, 0.1) is 6.92 Å². The maximum Gasteiger partial charge on any atom is 0.234 e. The molecule has 5 rings (SSSR count). The zero-order valence-corrected chi connectivity index (χ0v) is 19.0. The van der Waals surface area contributed by atoms with Gasteiger partial charge in [0.25, 0.3) is 0 Å². The van der Waals surface area contributed by atoms with Gasteiger partial charge in [-0.25, -0.2) is 0 Å². The number of benzene rings is 3. The summed E-state index contributed by atoms with van der Waals surface area (Å²) < 4.78 is 7.00. The Balaban J connectivity index is 1.47. The minimum Gasteiger partial charge on any atom is -0.497 e. The van der Waals surface area contributed by atoms with Crippen molar-refractivity contribution in [1.82, 2.24) is 19.8 Å². The average molecular weight is 456 g/mol. The summed E-state index contributed by atoms with van der Waals surface area (Å²) >= 11 is 1.30. The van der Waals surface area contributed by atoms with E-state index in [0.29, 0.717) is 10.8 Å². The number of ether oxygens (including phenoxy) is 1. The number of amides is 1. The molecule has 3 aromatic carbocycles. The molecule has 1 amide bonds. The topological polar surface area (TPSA) is 81.4 Å². The van der Waals surface area contributed by atoms with Crippen molar-refractivity contribution in [2.75, 3.05) is 18.2 Å². The Morgan fingerprint density at radius 2 is 1.70 bits per heavy atom. The van der Waals surface area contributed by atoms with E-state index in [1.54, 1.807) is 11.6 Å². The molecular formula is C25H21N5O2S. The summed E-state index contributed by atoms with van der Waals surface area (Å²) in [4.78, 5) is 12.5. The lowest BCUT2D eigenvalue weighted by Crippen LogP contribution is -2.14. The molecule has 0 atom stereocenters. The third-order valence-corrected chi connectivity index (χ3v) is 6.19. The second kappa shape index (κ2) is 8.91. The molecule has 2 aromatic heterocycles. The molecule has 2 heterocycles. The number of nitrogens with one attached hydrogen (secondary N) is 1. The molecule has 33 heavy (non-hydrogen) atoms. The predicted octanol–water partition coefficient (Wildman–Crippen LogP) is 4.99. The summed E-state index contributed by atoms with van der Waals surface area (Å²) in [6, 6.07) is 23.5. The van der Waals surface area contributed by atoms with Gasteiger partial charge in [0.2, 0.25) is 11.1 Å². The Labute approximate surface area is 194 Å². The molecular weight excluding hydrogens is 434 g/mol. The lowest BCUT2D eigenvalue weighted by Gasteiger charge is -2.09. The monoisotopic (exact) mass is 455 g/mol. The van der Waals surface area contributed by atoms with Crippen molar-refractivity contribution < 1.29 is 9.53 Å². The van der Waals surface area contributed by atoms with E-state index in [0.717, 1.165) is 39.0 Å². The molecule has 0 fully saturated rings. The van der Waals surface area contributed by atoms with E-state index < -0.39 is 0 Å². The van der Waals surface area contributed by atoms with Gasteiger partial charge in [-0.3, -0.25) is 4.79 Å². The van der Waals surface area contributed by atoms with Crippen LogP contribution in [-0.4, -0.2) is 38.6 Å². The van der Waals surface area contributed by atoms with Crippen molar-refractivity contribution in [3.63, 3.8) is 0 Å². The molecule has 164 valence electrons. The highest BCUT2D eigenvalue weighted by atomic mass is 32.2. The molecule has 0 saturated carbocycles. The summed E-state index contributed by atoms with van der Waals surface area (Å²) in [7, 11) is 1.64. The number of nitrogens with zero attached hydrogens (tertiary/aromatic N) is 4. The molecule has 0 radical (unpaired) electrons. The van der Waals surface area contributed by atoms with Crippen LogP contribution in [0.15, 0.2) is 78.0 Å². The normalized spacial score (nSPS) is 11.1. The smallest absolute Gasteiger partial charge is 0.234 e. The minimum atomic E-state index is -0.114. The molecule has 1 N–H and O–H groups in total. The van der Waals surface area contributed by atoms with Crippen molar-refractivity contribution in [3.05, 3.63) is 78.4 Å². The highest BCUT2D eigenvalue weighted by Crippen LogP contribution is 2.31. The van der Waals surface area contributed by atoms with Crippen molar-refractivity contribution in [3.8, 4) is 17.0 Å². The van der Waals surface area contributed by atoms with Gasteiger partial charge < -0.3 is 10.1 Å². The molecule has 0 saturated heterocycles. The molecule has 5 aromatic rings. The predicted molar refractivity (Wildman–Crippen MR) is 131 cm³/mol. The molecule has 8 heteroatoms. The van der Waals surface area contributed by atoms with E-state index >= 15 is 0 Å². The van der Waals surface area contributed by atoms with Gasteiger partial charge in [0.05, 0.1) is 18.6 Å². The number of carbonyl (C=O) groups is 1. The zero-order valence-electron chi connectivity index (χ0n) is 18.1. The van der Waals surface area contributed by atoms with Gasteiger partial charge in [-0.2, -0.15) is 9.61 Å². The van der Waals surface area contributed by atoms with Crippen LogP contribution in [0.2, 0.25) is 0 Å². The Hall–Kier alpha value is -3.91. The average Bonchev–Trinajstić information content (AvgIpc) is 3.27. The number of thioether (sulfide) groups is 1. The summed E-state index contributed by atoms with van der Waals surface area (Å²) in [5.41, 5.74) is 4.33.